The smallest absolute Gasteiger partial charge is 0.244 e. The Morgan fingerprint density at radius 3 is 2.81 bits per heavy atom. The van der Waals surface area contributed by atoms with Gasteiger partial charge in [-0.15, -0.1) is 0 Å². The number of nitrogens with zero attached hydrogens (tertiary/aromatic N) is 1. The standard InChI is InChI=1S/C14H18N2O4S/c1-3-11-5-4-6-15-13(11)8-16-21(18,19)14-7-12(9-17)20-10(14)2/h4-7,16-17H,3,8-9H2,1-2H3. The number of rotatable bonds is 6. The van der Waals surface area contributed by atoms with Crippen LogP contribution in [0.2, 0.25) is 0 Å². The van der Waals surface area contributed by atoms with Crippen molar-refractivity contribution in [2.45, 2.75) is 38.3 Å². The number of aromatic nitrogens is 1. The van der Waals surface area contributed by atoms with E-state index in [1.807, 2.05) is 19.1 Å². The van der Waals surface area contributed by atoms with Crippen molar-refractivity contribution in [3.05, 3.63) is 47.2 Å². The van der Waals surface area contributed by atoms with E-state index in [4.69, 9.17) is 9.52 Å². The minimum Gasteiger partial charge on any atom is -0.462 e. The first-order chi connectivity index (χ1) is 9.97. The number of furan rings is 1. The molecule has 0 amide bonds. The van der Waals surface area contributed by atoms with Crippen molar-refractivity contribution >= 4 is 10.0 Å². The van der Waals surface area contributed by atoms with Gasteiger partial charge in [0.15, 0.2) is 0 Å². The van der Waals surface area contributed by atoms with Gasteiger partial charge in [0.1, 0.15) is 23.0 Å². The number of aliphatic hydroxyl groups excluding tert-OH is 1. The molecule has 0 saturated carbocycles. The Labute approximate surface area is 123 Å². The second-order valence-corrected chi connectivity index (χ2v) is 6.31. The summed E-state index contributed by atoms with van der Waals surface area (Å²) in [7, 11) is -3.70. The molecule has 21 heavy (non-hydrogen) atoms. The quantitative estimate of drug-likeness (QED) is 0.844. The molecular formula is C14H18N2O4S. The van der Waals surface area contributed by atoms with Crippen LogP contribution in [0.15, 0.2) is 33.7 Å². The molecule has 0 atom stereocenters. The summed E-state index contributed by atoms with van der Waals surface area (Å²) in [6.07, 6.45) is 2.42. The van der Waals surface area contributed by atoms with Gasteiger partial charge in [0.25, 0.3) is 0 Å². The highest BCUT2D eigenvalue weighted by atomic mass is 32.2. The SMILES string of the molecule is CCc1cccnc1CNS(=O)(=O)c1cc(CO)oc1C. The predicted octanol–water partition coefficient (Wildman–Crippen LogP) is 1.52. The maximum absolute atomic E-state index is 12.3. The lowest BCUT2D eigenvalue weighted by atomic mass is 10.1. The van der Waals surface area contributed by atoms with E-state index in [1.54, 1.807) is 13.1 Å². The van der Waals surface area contributed by atoms with Gasteiger partial charge in [-0.3, -0.25) is 4.98 Å². The second-order valence-electron chi connectivity index (χ2n) is 4.58. The Morgan fingerprint density at radius 1 is 1.43 bits per heavy atom. The lowest BCUT2D eigenvalue weighted by molar-refractivity contribution is 0.244. The van der Waals surface area contributed by atoms with Gasteiger partial charge in [0, 0.05) is 12.3 Å². The Hall–Kier alpha value is -1.70. The maximum atomic E-state index is 12.3. The molecule has 0 bridgehead atoms. The van der Waals surface area contributed by atoms with Crippen molar-refractivity contribution in [1.82, 2.24) is 9.71 Å². The summed E-state index contributed by atoms with van der Waals surface area (Å²) in [5.74, 6) is 0.475. The molecule has 2 aromatic rings. The van der Waals surface area contributed by atoms with Crippen LogP contribution in [0.3, 0.4) is 0 Å². The first-order valence-corrected chi connectivity index (χ1v) is 8.09. The molecule has 114 valence electrons. The number of sulfonamides is 1. The first-order valence-electron chi connectivity index (χ1n) is 6.60. The van der Waals surface area contributed by atoms with Crippen LogP contribution in [-0.2, 0) is 29.6 Å². The Balaban J connectivity index is 2.20. The van der Waals surface area contributed by atoms with E-state index < -0.39 is 10.0 Å². The zero-order chi connectivity index (χ0) is 15.5. The average molecular weight is 310 g/mol. The van der Waals surface area contributed by atoms with E-state index in [1.165, 1.54) is 6.07 Å². The van der Waals surface area contributed by atoms with Crippen LogP contribution in [-0.4, -0.2) is 18.5 Å². The lowest BCUT2D eigenvalue weighted by Gasteiger charge is -2.08. The van der Waals surface area contributed by atoms with E-state index >= 15 is 0 Å². The highest BCUT2D eigenvalue weighted by Gasteiger charge is 2.21. The molecule has 2 heterocycles. The van der Waals surface area contributed by atoms with Crippen LogP contribution in [0.1, 0.15) is 29.7 Å². The van der Waals surface area contributed by atoms with Crippen LogP contribution >= 0.6 is 0 Å². The lowest BCUT2D eigenvalue weighted by Crippen LogP contribution is -2.24. The molecule has 2 rings (SSSR count). The minimum absolute atomic E-state index is 0.0422. The van der Waals surface area contributed by atoms with Crippen molar-refractivity contribution in [2.24, 2.45) is 0 Å². The molecule has 2 aromatic heterocycles. The van der Waals surface area contributed by atoms with Crippen molar-refractivity contribution in [3.8, 4) is 0 Å². The fourth-order valence-corrected chi connectivity index (χ4v) is 3.25. The van der Waals surface area contributed by atoms with Crippen molar-refractivity contribution < 1.29 is 17.9 Å². The van der Waals surface area contributed by atoms with Crippen molar-refractivity contribution in [2.75, 3.05) is 0 Å². The maximum Gasteiger partial charge on any atom is 0.244 e. The van der Waals surface area contributed by atoms with Gasteiger partial charge in [-0.2, -0.15) is 0 Å². The number of aliphatic hydroxyl groups is 1. The molecule has 0 aromatic carbocycles. The van der Waals surface area contributed by atoms with Crippen LogP contribution < -0.4 is 4.72 Å². The number of pyridine rings is 1. The summed E-state index contributed by atoms with van der Waals surface area (Å²) in [6, 6.07) is 5.07. The van der Waals surface area contributed by atoms with Gasteiger partial charge < -0.3 is 9.52 Å². The van der Waals surface area contributed by atoms with Crippen LogP contribution in [0, 0.1) is 6.92 Å². The molecule has 0 aliphatic carbocycles. The summed E-state index contributed by atoms with van der Waals surface area (Å²) in [4.78, 5) is 4.24. The summed E-state index contributed by atoms with van der Waals surface area (Å²) >= 11 is 0. The molecule has 7 heteroatoms. The Bertz CT molecular complexity index is 722. The summed E-state index contributed by atoms with van der Waals surface area (Å²) in [5, 5.41) is 9.00. The van der Waals surface area contributed by atoms with Gasteiger partial charge >= 0.3 is 0 Å². The summed E-state index contributed by atoms with van der Waals surface area (Å²) < 4.78 is 32.2. The molecule has 0 saturated heterocycles. The van der Waals surface area contributed by atoms with E-state index in [0.717, 1.165) is 12.0 Å². The van der Waals surface area contributed by atoms with Gasteiger partial charge in [-0.05, 0) is 25.0 Å². The van der Waals surface area contributed by atoms with Crippen molar-refractivity contribution in [1.29, 1.82) is 0 Å². The van der Waals surface area contributed by atoms with Gasteiger partial charge in [0.05, 0.1) is 12.2 Å². The van der Waals surface area contributed by atoms with Crippen LogP contribution in [0.25, 0.3) is 0 Å². The number of nitrogens with one attached hydrogen (secondary N) is 1. The summed E-state index contributed by atoms with van der Waals surface area (Å²) in [6.45, 7) is 3.32. The van der Waals surface area contributed by atoms with Gasteiger partial charge in [0.2, 0.25) is 10.0 Å². The third kappa shape index (κ3) is 3.49. The van der Waals surface area contributed by atoms with E-state index in [2.05, 4.69) is 9.71 Å². The fraction of sp³-hybridized carbons (Fsp3) is 0.357. The highest BCUT2D eigenvalue weighted by molar-refractivity contribution is 7.89. The Kier molecular flexibility index (Phi) is 4.76. The first kappa shape index (κ1) is 15.7. The van der Waals surface area contributed by atoms with E-state index in [9.17, 15) is 8.42 Å². The van der Waals surface area contributed by atoms with E-state index in [0.29, 0.717) is 5.69 Å². The van der Waals surface area contributed by atoms with Crippen LogP contribution in [0.5, 0.6) is 0 Å². The topological polar surface area (TPSA) is 92.4 Å². The van der Waals surface area contributed by atoms with Crippen LogP contribution in [0.4, 0.5) is 0 Å². The number of aryl methyl sites for hydroxylation is 2. The second kappa shape index (κ2) is 6.38. The normalized spacial score (nSPS) is 11.8. The van der Waals surface area contributed by atoms with Gasteiger partial charge in [-0.1, -0.05) is 13.0 Å². The molecule has 2 N–H and O–H groups in total. The molecule has 0 radical (unpaired) electrons. The molecule has 0 unspecified atom stereocenters. The van der Waals surface area contributed by atoms with Gasteiger partial charge in [-0.25, -0.2) is 13.1 Å². The average Bonchev–Trinajstić information content (AvgIpc) is 2.87. The third-order valence-corrected chi connectivity index (χ3v) is 4.67. The fourth-order valence-electron chi connectivity index (χ4n) is 2.06. The molecular weight excluding hydrogens is 292 g/mol. The molecule has 0 aliphatic heterocycles. The Morgan fingerprint density at radius 2 is 2.19 bits per heavy atom. The molecule has 0 fully saturated rings. The summed E-state index contributed by atoms with van der Waals surface area (Å²) in [5.41, 5.74) is 1.70. The van der Waals surface area contributed by atoms with Crippen molar-refractivity contribution in [3.63, 3.8) is 0 Å². The highest BCUT2D eigenvalue weighted by Crippen LogP contribution is 2.20. The number of hydrogen-bond donors (Lipinski definition) is 2. The minimum atomic E-state index is -3.70. The number of hydrogen-bond acceptors (Lipinski definition) is 5. The third-order valence-electron chi connectivity index (χ3n) is 3.16. The largest absolute Gasteiger partial charge is 0.462 e. The predicted molar refractivity (Wildman–Crippen MR) is 77.0 cm³/mol. The monoisotopic (exact) mass is 310 g/mol. The molecule has 6 nitrogen and oxygen atoms in total. The molecule has 0 spiro atoms. The zero-order valence-corrected chi connectivity index (χ0v) is 12.8. The van der Waals surface area contributed by atoms with E-state index in [-0.39, 0.29) is 29.6 Å². The molecule has 0 aliphatic rings. The zero-order valence-electron chi connectivity index (χ0n) is 12.0.